The summed E-state index contributed by atoms with van der Waals surface area (Å²) in [5.41, 5.74) is 5.59. The van der Waals surface area contributed by atoms with Gasteiger partial charge in [0.05, 0.1) is 23.4 Å². The maximum absolute atomic E-state index is 11.7. The van der Waals surface area contributed by atoms with Crippen LogP contribution < -0.4 is 11.3 Å². The Kier molecular flexibility index (Phi) is 2.58. The van der Waals surface area contributed by atoms with E-state index in [1.165, 1.54) is 0 Å². The van der Waals surface area contributed by atoms with Crippen LogP contribution in [0.5, 0.6) is 0 Å². The molecule has 7 heteroatoms. The number of nitrogens with two attached hydrogens (primary N) is 1. The number of aryl methyl sites for hydroxylation is 1. The number of aromatic amines is 1. The number of hydrogen-bond acceptors (Lipinski definition) is 6. The lowest BCUT2D eigenvalue weighted by Crippen LogP contribution is -2.22. The quantitative estimate of drug-likeness (QED) is 0.739. The van der Waals surface area contributed by atoms with Crippen molar-refractivity contribution in [2.45, 2.75) is 13.8 Å². The van der Waals surface area contributed by atoms with Gasteiger partial charge in [-0.3, -0.25) is 9.78 Å². The summed E-state index contributed by atoms with van der Waals surface area (Å²) in [7, 11) is 0. The Balaban J connectivity index is 2.75. The van der Waals surface area contributed by atoms with Crippen molar-refractivity contribution in [2.75, 3.05) is 12.3 Å². The van der Waals surface area contributed by atoms with E-state index in [-0.39, 0.29) is 23.6 Å². The molecule has 0 radical (unpaired) electrons. The van der Waals surface area contributed by atoms with Crippen LogP contribution in [0.2, 0.25) is 0 Å². The Hall–Kier alpha value is -2.31. The molecular weight excluding hydrogens is 226 g/mol. The van der Waals surface area contributed by atoms with Crippen LogP contribution in [-0.4, -0.2) is 22.7 Å². The third-order valence-electron chi connectivity index (χ3n) is 2.34. The number of aromatic nitrogens is 2. The van der Waals surface area contributed by atoms with Crippen LogP contribution in [0, 0.1) is 6.92 Å². The number of ether oxygens (including phenoxy) is 1. The number of H-pyrrole nitrogens is 1. The van der Waals surface area contributed by atoms with Gasteiger partial charge in [-0.2, -0.15) is 0 Å². The molecule has 0 aromatic carbocycles. The zero-order valence-electron chi connectivity index (χ0n) is 9.36. The molecule has 17 heavy (non-hydrogen) atoms. The zero-order valence-corrected chi connectivity index (χ0v) is 9.36. The molecular formula is C10H11N3O4. The molecule has 7 nitrogen and oxygen atoms in total. The summed E-state index contributed by atoms with van der Waals surface area (Å²) in [5, 5.41) is 4.09. The fourth-order valence-corrected chi connectivity index (χ4v) is 1.59. The summed E-state index contributed by atoms with van der Waals surface area (Å²) in [4.78, 5) is 25.6. The van der Waals surface area contributed by atoms with Gasteiger partial charge in [-0.1, -0.05) is 5.16 Å². The Morgan fingerprint density at radius 1 is 1.59 bits per heavy atom. The van der Waals surface area contributed by atoms with Crippen LogP contribution >= 0.6 is 0 Å². The summed E-state index contributed by atoms with van der Waals surface area (Å²) in [6, 6.07) is 0. The van der Waals surface area contributed by atoms with Crippen LogP contribution in [0.3, 0.4) is 0 Å². The first-order chi connectivity index (χ1) is 8.06. The Labute approximate surface area is 95.5 Å². The summed E-state index contributed by atoms with van der Waals surface area (Å²) >= 11 is 0. The van der Waals surface area contributed by atoms with E-state index in [4.69, 9.17) is 15.0 Å². The van der Waals surface area contributed by atoms with E-state index in [9.17, 15) is 9.59 Å². The predicted octanol–water partition coefficient (Wildman–Crippen LogP) is 0.583. The number of rotatable bonds is 2. The fraction of sp³-hybridized carbons (Fsp3) is 0.300. The van der Waals surface area contributed by atoms with Crippen molar-refractivity contribution >= 4 is 22.8 Å². The van der Waals surface area contributed by atoms with Crippen LogP contribution in [0.1, 0.15) is 23.0 Å². The number of esters is 1. The van der Waals surface area contributed by atoms with Crippen LogP contribution in [0.15, 0.2) is 9.32 Å². The number of carbonyl (C=O) groups excluding carboxylic acids is 1. The van der Waals surface area contributed by atoms with Crippen molar-refractivity contribution in [3.63, 3.8) is 0 Å². The molecule has 90 valence electrons. The highest BCUT2D eigenvalue weighted by molar-refractivity contribution is 6.03. The van der Waals surface area contributed by atoms with Crippen molar-refractivity contribution < 1.29 is 14.1 Å². The molecule has 2 heterocycles. The number of nitrogens with zero attached hydrogens (tertiary/aromatic N) is 1. The van der Waals surface area contributed by atoms with Gasteiger partial charge in [0.1, 0.15) is 5.56 Å². The molecule has 0 aliphatic rings. The predicted molar refractivity (Wildman–Crippen MR) is 59.7 cm³/mol. The van der Waals surface area contributed by atoms with Gasteiger partial charge in [-0.15, -0.1) is 0 Å². The first-order valence-electron chi connectivity index (χ1n) is 5.01. The second-order valence-electron chi connectivity index (χ2n) is 3.44. The van der Waals surface area contributed by atoms with E-state index < -0.39 is 11.5 Å². The lowest BCUT2D eigenvalue weighted by atomic mass is 10.1. The van der Waals surface area contributed by atoms with Crippen molar-refractivity contribution in [2.24, 2.45) is 0 Å². The van der Waals surface area contributed by atoms with Gasteiger partial charge >= 0.3 is 5.97 Å². The average Bonchev–Trinajstić information content (AvgIpc) is 2.60. The smallest absolute Gasteiger partial charge is 0.345 e. The number of pyridine rings is 1. The molecule has 0 aliphatic carbocycles. The number of nitrogen functional groups attached to an aromatic ring is 1. The molecule has 3 N–H and O–H groups in total. The Bertz CT molecular complexity index is 641. The van der Waals surface area contributed by atoms with Crippen molar-refractivity contribution in [1.82, 2.24) is 10.1 Å². The van der Waals surface area contributed by atoms with Gasteiger partial charge in [-0.05, 0) is 13.8 Å². The molecule has 0 bridgehead atoms. The first-order valence-corrected chi connectivity index (χ1v) is 5.01. The zero-order chi connectivity index (χ0) is 12.6. The molecule has 0 atom stereocenters. The first kappa shape index (κ1) is 11.2. The minimum atomic E-state index is -0.756. The molecule has 2 aromatic rings. The van der Waals surface area contributed by atoms with Crippen LogP contribution in [0.25, 0.3) is 11.1 Å². The fourth-order valence-electron chi connectivity index (χ4n) is 1.59. The SMILES string of the molecule is CCOC(=O)c1c(N)c2c(C)noc2[nH]c1=O. The van der Waals surface area contributed by atoms with Crippen LogP contribution in [-0.2, 0) is 4.74 Å². The van der Waals surface area contributed by atoms with Crippen molar-refractivity contribution in [3.05, 3.63) is 21.6 Å². The van der Waals surface area contributed by atoms with E-state index >= 15 is 0 Å². The summed E-state index contributed by atoms with van der Waals surface area (Å²) in [5.74, 6) is -0.756. The van der Waals surface area contributed by atoms with Crippen molar-refractivity contribution in [1.29, 1.82) is 0 Å². The third-order valence-corrected chi connectivity index (χ3v) is 2.34. The van der Waals surface area contributed by atoms with E-state index in [1.807, 2.05) is 0 Å². The maximum atomic E-state index is 11.7. The van der Waals surface area contributed by atoms with E-state index in [1.54, 1.807) is 13.8 Å². The lowest BCUT2D eigenvalue weighted by Gasteiger charge is -2.04. The summed E-state index contributed by atoms with van der Waals surface area (Å²) < 4.78 is 9.63. The highest BCUT2D eigenvalue weighted by Crippen LogP contribution is 2.23. The molecule has 0 saturated carbocycles. The average molecular weight is 237 g/mol. The lowest BCUT2D eigenvalue weighted by molar-refractivity contribution is 0.0526. The molecule has 0 aliphatic heterocycles. The standard InChI is InChI=1S/C10H11N3O4/c1-3-16-10(15)6-7(11)5-4(2)13-17-9(5)12-8(6)14/h3H2,1-2H3,(H3,11,12,14). The molecule has 0 amide bonds. The molecule has 0 fully saturated rings. The van der Waals surface area contributed by atoms with E-state index in [0.717, 1.165) is 0 Å². The molecule has 2 rings (SSSR count). The minimum absolute atomic E-state index is 0.0287. The number of hydrogen-bond donors (Lipinski definition) is 2. The number of fused-ring (bicyclic) bond motifs is 1. The molecule has 2 aromatic heterocycles. The van der Waals surface area contributed by atoms with Crippen molar-refractivity contribution in [3.8, 4) is 0 Å². The molecule has 0 unspecified atom stereocenters. The van der Waals surface area contributed by atoms with Gasteiger partial charge in [0.25, 0.3) is 5.56 Å². The summed E-state index contributed by atoms with van der Waals surface area (Å²) in [6.45, 7) is 3.47. The third kappa shape index (κ3) is 1.65. The van der Waals surface area contributed by atoms with E-state index in [0.29, 0.717) is 11.1 Å². The monoisotopic (exact) mass is 237 g/mol. The Morgan fingerprint density at radius 2 is 2.29 bits per heavy atom. The largest absolute Gasteiger partial charge is 0.462 e. The van der Waals surface area contributed by atoms with Gasteiger partial charge in [0.2, 0.25) is 5.71 Å². The highest BCUT2D eigenvalue weighted by atomic mass is 16.5. The van der Waals surface area contributed by atoms with Gasteiger partial charge in [-0.25, -0.2) is 4.79 Å². The second-order valence-corrected chi connectivity index (χ2v) is 3.44. The minimum Gasteiger partial charge on any atom is -0.462 e. The second kappa shape index (κ2) is 3.93. The summed E-state index contributed by atoms with van der Waals surface area (Å²) in [6.07, 6.45) is 0. The van der Waals surface area contributed by atoms with E-state index in [2.05, 4.69) is 10.1 Å². The molecule has 0 spiro atoms. The van der Waals surface area contributed by atoms with Gasteiger partial charge in [0.15, 0.2) is 0 Å². The number of nitrogens with one attached hydrogen (secondary N) is 1. The highest BCUT2D eigenvalue weighted by Gasteiger charge is 2.21. The van der Waals surface area contributed by atoms with Gasteiger partial charge < -0.3 is 15.0 Å². The molecule has 0 saturated heterocycles. The Morgan fingerprint density at radius 3 is 2.94 bits per heavy atom. The number of anilines is 1. The van der Waals surface area contributed by atoms with Gasteiger partial charge in [0, 0.05) is 0 Å². The number of carbonyl (C=O) groups is 1. The maximum Gasteiger partial charge on any atom is 0.345 e. The normalized spacial score (nSPS) is 10.7. The topological polar surface area (TPSA) is 111 Å². The van der Waals surface area contributed by atoms with Crippen LogP contribution in [0.4, 0.5) is 5.69 Å².